The molecule has 2 N–H and O–H groups in total. The van der Waals surface area contributed by atoms with Gasteiger partial charge in [-0.3, -0.25) is 14.2 Å². The van der Waals surface area contributed by atoms with Gasteiger partial charge in [-0.2, -0.15) is 0 Å². The van der Waals surface area contributed by atoms with Gasteiger partial charge in [0.15, 0.2) is 5.82 Å². The number of nitrogens with zero attached hydrogens (tertiary/aromatic N) is 3. The Bertz CT molecular complexity index is 1070. The van der Waals surface area contributed by atoms with E-state index in [1.54, 1.807) is 26.0 Å². The summed E-state index contributed by atoms with van der Waals surface area (Å²) in [5, 5.41) is 15.5. The molecule has 8 nitrogen and oxygen atoms in total. The minimum absolute atomic E-state index is 0.102. The maximum absolute atomic E-state index is 13.7. The van der Waals surface area contributed by atoms with Crippen molar-refractivity contribution in [2.45, 2.75) is 26.8 Å². The lowest BCUT2D eigenvalue weighted by Gasteiger charge is -2.15. The Morgan fingerprint density at radius 3 is 2.75 bits per heavy atom. The van der Waals surface area contributed by atoms with Crippen LogP contribution in [0.25, 0.3) is 11.4 Å². The number of nitrogens with one attached hydrogen (secondary N) is 1. The molecule has 0 saturated heterocycles. The summed E-state index contributed by atoms with van der Waals surface area (Å²) in [6.07, 6.45) is 0.102. The molecule has 0 radical (unpaired) electrons. The van der Waals surface area contributed by atoms with Crippen LogP contribution in [0.1, 0.15) is 17.0 Å². The van der Waals surface area contributed by atoms with E-state index >= 15 is 0 Å². The van der Waals surface area contributed by atoms with Gasteiger partial charge in [-0.05, 0) is 26.0 Å². The number of hydrogen-bond acceptors (Lipinski definition) is 6. The SMILES string of the molecule is Cc1cc(NC(=O)Cn2c(-c3cccc(F)c3)nc(C)c(CCO)c2=O)no1. The first-order chi connectivity index (χ1) is 13.4. The first kappa shape index (κ1) is 19.4. The van der Waals surface area contributed by atoms with Gasteiger partial charge in [0, 0.05) is 35.9 Å². The summed E-state index contributed by atoms with van der Waals surface area (Å²) in [6.45, 7) is 2.72. The highest BCUT2D eigenvalue weighted by Gasteiger charge is 2.18. The Morgan fingerprint density at radius 1 is 1.32 bits per heavy atom. The zero-order valence-electron chi connectivity index (χ0n) is 15.4. The van der Waals surface area contributed by atoms with Crippen molar-refractivity contribution >= 4 is 11.7 Å². The van der Waals surface area contributed by atoms with E-state index in [0.29, 0.717) is 22.6 Å². The number of amides is 1. The summed E-state index contributed by atoms with van der Waals surface area (Å²) in [5.74, 6) is -0.101. The van der Waals surface area contributed by atoms with E-state index in [1.807, 2.05) is 0 Å². The summed E-state index contributed by atoms with van der Waals surface area (Å²) in [6, 6.07) is 7.15. The van der Waals surface area contributed by atoms with E-state index < -0.39 is 17.3 Å². The number of anilines is 1. The highest BCUT2D eigenvalue weighted by Crippen LogP contribution is 2.19. The highest BCUT2D eigenvalue weighted by atomic mass is 19.1. The minimum Gasteiger partial charge on any atom is -0.396 e. The zero-order valence-corrected chi connectivity index (χ0v) is 15.4. The number of aromatic nitrogens is 3. The van der Waals surface area contributed by atoms with Crippen molar-refractivity contribution in [3.8, 4) is 11.4 Å². The Morgan fingerprint density at radius 2 is 2.11 bits per heavy atom. The molecule has 0 aliphatic rings. The summed E-state index contributed by atoms with van der Waals surface area (Å²) in [4.78, 5) is 29.8. The van der Waals surface area contributed by atoms with Crippen LogP contribution in [0.2, 0.25) is 0 Å². The van der Waals surface area contributed by atoms with Crippen LogP contribution >= 0.6 is 0 Å². The topological polar surface area (TPSA) is 110 Å². The number of halogens is 1. The summed E-state index contributed by atoms with van der Waals surface area (Å²) in [5.41, 5.74) is 0.614. The lowest BCUT2D eigenvalue weighted by atomic mass is 10.1. The predicted molar refractivity (Wildman–Crippen MR) is 99.3 cm³/mol. The normalized spacial score (nSPS) is 10.9. The number of carbonyl (C=O) groups is 1. The van der Waals surface area contributed by atoms with Crippen LogP contribution < -0.4 is 10.9 Å². The number of aliphatic hydroxyl groups is 1. The van der Waals surface area contributed by atoms with E-state index in [4.69, 9.17) is 4.52 Å². The second-order valence-electron chi connectivity index (χ2n) is 6.25. The smallest absolute Gasteiger partial charge is 0.257 e. The largest absolute Gasteiger partial charge is 0.396 e. The van der Waals surface area contributed by atoms with Gasteiger partial charge >= 0.3 is 0 Å². The fourth-order valence-electron chi connectivity index (χ4n) is 2.85. The second-order valence-corrected chi connectivity index (χ2v) is 6.25. The van der Waals surface area contributed by atoms with Gasteiger partial charge < -0.3 is 14.9 Å². The minimum atomic E-state index is -0.520. The van der Waals surface area contributed by atoms with Gasteiger partial charge in [0.05, 0.1) is 0 Å². The molecule has 0 bridgehead atoms. The standard InChI is InChI=1S/C19H19FN4O4/c1-11-8-16(23-28-11)22-17(26)10-24-18(13-4-3-5-14(20)9-13)21-12(2)15(6-7-25)19(24)27/h3-5,8-9,25H,6-7,10H2,1-2H3,(H,22,23,26). The van der Waals surface area contributed by atoms with Gasteiger partial charge in [-0.1, -0.05) is 17.3 Å². The van der Waals surface area contributed by atoms with Crippen LogP contribution in [0, 0.1) is 19.7 Å². The van der Waals surface area contributed by atoms with E-state index in [2.05, 4.69) is 15.5 Å². The molecule has 3 rings (SSSR count). The molecular formula is C19H19FN4O4. The third-order valence-electron chi connectivity index (χ3n) is 4.11. The molecule has 2 heterocycles. The number of aryl methyl sites for hydroxylation is 2. The highest BCUT2D eigenvalue weighted by molar-refractivity contribution is 5.89. The van der Waals surface area contributed by atoms with Gasteiger partial charge in [0.1, 0.15) is 23.9 Å². The summed E-state index contributed by atoms with van der Waals surface area (Å²) < 4.78 is 19.8. The molecule has 28 heavy (non-hydrogen) atoms. The number of carbonyl (C=O) groups excluding carboxylic acids is 1. The molecular weight excluding hydrogens is 367 g/mol. The van der Waals surface area contributed by atoms with Gasteiger partial charge in [-0.15, -0.1) is 0 Å². The average molecular weight is 386 g/mol. The molecule has 1 aromatic carbocycles. The van der Waals surface area contributed by atoms with Gasteiger partial charge in [0.2, 0.25) is 5.91 Å². The maximum atomic E-state index is 13.7. The predicted octanol–water partition coefficient (Wildman–Crippen LogP) is 1.83. The van der Waals surface area contributed by atoms with Crippen LogP contribution in [0.5, 0.6) is 0 Å². The number of aliphatic hydroxyl groups excluding tert-OH is 1. The van der Waals surface area contributed by atoms with Crippen LogP contribution in [0.15, 0.2) is 39.6 Å². The fourth-order valence-corrected chi connectivity index (χ4v) is 2.85. The Hall–Kier alpha value is -3.33. The lowest BCUT2D eigenvalue weighted by Crippen LogP contribution is -2.33. The molecule has 146 valence electrons. The second kappa shape index (κ2) is 8.13. The van der Waals surface area contributed by atoms with E-state index in [-0.39, 0.29) is 31.2 Å². The quantitative estimate of drug-likeness (QED) is 0.669. The Balaban J connectivity index is 2.04. The lowest BCUT2D eigenvalue weighted by molar-refractivity contribution is -0.116. The van der Waals surface area contributed by atoms with Crippen LogP contribution in [-0.4, -0.2) is 32.3 Å². The molecule has 3 aromatic rings. The Labute approximate surface area is 159 Å². The molecule has 0 aliphatic heterocycles. The van der Waals surface area contributed by atoms with E-state index in [1.165, 1.54) is 18.2 Å². The monoisotopic (exact) mass is 386 g/mol. The van der Waals surface area contributed by atoms with Crippen molar-refractivity contribution in [1.29, 1.82) is 0 Å². The van der Waals surface area contributed by atoms with Crippen LogP contribution in [0.4, 0.5) is 10.2 Å². The van der Waals surface area contributed by atoms with Crippen molar-refractivity contribution in [2.75, 3.05) is 11.9 Å². The number of benzene rings is 1. The zero-order chi connectivity index (χ0) is 20.3. The first-order valence-corrected chi connectivity index (χ1v) is 8.59. The van der Waals surface area contributed by atoms with Gasteiger partial charge in [-0.25, -0.2) is 9.37 Å². The number of hydrogen-bond donors (Lipinski definition) is 2. The van der Waals surface area contributed by atoms with Crippen molar-refractivity contribution < 1.29 is 18.8 Å². The van der Waals surface area contributed by atoms with E-state index in [0.717, 1.165) is 4.57 Å². The maximum Gasteiger partial charge on any atom is 0.257 e. The molecule has 0 saturated carbocycles. The average Bonchev–Trinajstić information content (AvgIpc) is 3.05. The molecule has 0 spiro atoms. The van der Waals surface area contributed by atoms with Crippen molar-refractivity contribution in [1.82, 2.24) is 14.7 Å². The first-order valence-electron chi connectivity index (χ1n) is 8.59. The summed E-state index contributed by atoms with van der Waals surface area (Å²) in [7, 11) is 0. The molecule has 0 atom stereocenters. The molecule has 0 unspecified atom stereocenters. The molecule has 9 heteroatoms. The third-order valence-corrected chi connectivity index (χ3v) is 4.11. The van der Waals surface area contributed by atoms with Crippen LogP contribution in [0.3, 0.4) is 0 Å². The molecule has 1 amide bonds. The van der Waals surface area contributed by atoms with Crippen LogP contribution in [-0.2, 0) is 17.8 Å². The number of rotatable bonds is 6. The van der Waals surface area contributed by atoms with Crippen molar-refractivity contribution in [3.63, 3.8) is 0 Å². The van der Waals surface area contributed by atoms with E-state index in [9.17, 15) is 19.1 Å². The molecule has 2 aromatic heterocycles. The third kappa shape index (κ3) is 4.15. The summed E-state index contributed by atoms with van der Waals surface area (Å²) >= 11 is 0. The van der Waals surface area contributed by atoms with Crippen molar-refractivity contribution in [3.05, 3.63) is 63.5 Å². The fraction of sp³-hybridized carbons (Fsp3) is 0.263. The van der Waals surface area contributed by atoms with Crippen molar-refractivity contribution in [2.24, 2.45) is 0 Å². The Kier molecular flexibility index (Phi) is 5.65. The van der Waals surface area contributed by atoms with Gasteiger partial charge in [0.25, 0.3) is 5.56 Å². The molecule has 0 fully saturated rings. The molecule has 0 aliphatic carbocycles.